The molecule has 1 heterocycles. The van der Waals surface area contributed by atoms with Gasteiger partial charge in [-0.15, -0.1) is 0 Å². The van der Waals surface area contributed by atoms with Crippen LogP contribution in [0.5, 0.6) is 11.5 Å². The molecule has 0 saturated carbocycles. The van der Waals surface area contributed by atoms with Crippen molar-refractivity contribution in [3.63, 3.8) is 0 Å². The van der Waals surface area contributed by atoms with Gasteiger partial charge in [0.15, 0.2) is 0 Å². The molecule has 1 aromatic heterocycles. The molecule has 2 rings (SSSR count). The Morgan fingerprint density at radius 2 is 2.00 bits per heavy atom. The molecule has 2 aromatic rings. The van der Waals surface area contributed by atoms with Gasteiger partial charge in [-0.2, -0.15) is 0 Å². The maximum atomic E-state index is 6.12. The van der Waals surface area contributed by atoms with Crippen molar-refractivity contribution in [2.75, 3.05) is 14.2 Å². The van der Waals surface area contributed by atoms with E-state index in [0.29, 0.717) is 16.5 Å². The van der Waals surface area contributed by atoms with E-state index in [0.717, 1.165) is 17.8 Å². The minimum absolute atomic E-state index is 0.0936. The van der Waals surface area contributed by atoms with Gasteiger partial charge >= 0.3 is 0 Å². The number of nitrogens with two attached hydrogens (primary N) is 1. The Hall–Kier alpha value is -1.72. The number of imidazole rings is 1. The number of methoxy groups -OCH3 is 2. The molecule has 0 radical (unpaired) electrons. The van der Waals surface area contributed by atoms with E-state index < -0.39 is 0 Å². The fourth-order valence-electron chi connectivity index (χ4n) is 2.02. The van der Waals surface area contributed by atoms with Crippen LogP contribution in [-0.4, -0.2) is 23.8 Å². The van der Waals surface area contributed by atoms with Crippen molar-refractivity contribution in [1.29, 1.82) is 0 Å². The van der Waals surface area contributed by atoms with Gasteiger partial charge in [0.2, 0.25) is 0 Å². The van der Waals surface area contributed by atoms with E-state index in [1.807, 2.05) is 17.6 Å². The van der Waals surface area contributed by atoms with Gasteiger partial charge in [-0.05, 0) is 6.42 Å². The van der Waals surface area contributed by atoms with Gasteiger partial charge < -0.3 is 15.2 Å². The summed E-state index contributed by atoms with van der Waals surface area (Å²) in [4.78, 5) is 4.17. The van der Waals surface area contributed by atoms with Crippen LogP contribution in [-0.2, 0) is 0 Å². The molecule has 0 unspecified atom stereocenters. The maximum Gasteiger partial charge on any atom is 0.144 e. The van der Waals surface area contributed by atoms with E-state index in [4.69, 9.17) is 26.8 Å². The fraction of sp³-hybridized carbons (Fsp3) is 0.357. The molecule has 0 bridgehead atoms. The van der Waals surface area contributed by atoms with E-state index in [9.17, 15) is 0 Å². The fourth-order valence-corrected chi connectivity index (χ4v) is 2.25. The van der Waals surface area contributed by atoms with Crippen LogP contribution in [0.2, 0.25) is 5.02 Å². The molecule has 0 fully saturated rings. The van der Waals surface area contributed by atoms with Gasteiger partial charge in [-0.25, -0.2) is 4.98 Å². The zero-order valence-electron chi connectivity index (χ0n) is 11.8. The van der Waals surface area contributed by atoms with Crippen LogP contribution in [0.3, 0.4) is 0 Å². The lowest BCUT2D eigenvalue weighted by Crippen LogP contribution is -2.13. The van der Waals surface area contributed by atoms with Gasteiger partial charge in [0, 0.05) is 18.2 Å². The Bertz CT molecular complexity index is 598. The van der Waals surface area contributed by atoms with Crippen molar-refractivity contribution >= 4 is 11.6 Å². The Labute approximate surface area is 123 Å². The monoisotopic (exact) mass is 295 g/mol. The molecule has 0 aliphatic carbocycles. The Kier molecular flexibility index (Phi) is 4.52. The standard InChI is InChI=1S/C14H18ClN3O2/c1-4-10(16)12-7-17-8-18(12)11-6-13(19-2)9(15)5-14(11)20-3/h5-8,10H,4,16H2,1-3H3/t10-/m1/s1. The van der Waals surface area contributed by atoms with Crippen molar-refractivity contribution < 1.29 is 9.47 Å². The number of rotatable bonds is 5. The van der Waals surface area contributed by atoms with Gasteiger partial charge in [-0.1, -0.05) is 18.5 Å². The Balaban J connectivity index is 2.60. The molecule has 6 heteroatoms. The minimum atomic E-state index is -0.0936. The summed E-state index contributed by atoms with van der Waals surface area (Å²) in [6, 6.07) is 3.44. The zero-order valence-corrected chi connectivity index (χ0v) is 12.5. The van der Waals surface area contributed by atoms with Crippen LogP contribution in [0.25, 0.3) is 5.69 Å². The number of nitrogens with zero attached hydrogens (tertiary/aromatic N) is 2. The smallest absolute Gasteiger partial charge is 0.144 e. The molecule has 108 valence electrons. The van der Waals surface area contributed by atoms with E-state index in [2.05, 4.69) is 4.98 Å². The first-order valence-electron chi connectivity index (χ1n) is 6.32. The summed E-state index contributed by atoms with van der Waals surface area (Å²) in [5, 5.41) is 0.495. The number of aromatic nitrogens is 2. The molecule has 5 nitrogen and oxygen atoms in total. The Morgan fingerprint density at radius 1 is 1.30 bits per heavy atom. The molecule has 0 aliphatic rings. The second-order valence-electron chi connectivity index (χ2n) is 4.36. The van der Waals surface area contributed by atoms with Gasteiger partial charge in [0.25, 0.3) is 0 Å². The van der Waals surface area contributed by atoms with E-state index in [1.165, 1.54) is 0 Å². The van der Waals surface area contributed by atoms with E-state index in [-0.39, 0.29) is 6.04 Å². The summed E-state index contributed by atoms with van der Waals surface area (Å²) in [7, 11) is 3.17. The molecular formula is C14H18ClN3O2. The van der Waals surface area contributed by atoms with Crippen LogP contribution in [0.15, 0.2) is 24.7 Å². The van der Waals surface area contributed by atoms with Crippen molar-refractivity contribution in [2.45, 2.75) is 19.4 Å². The summed E-state index contributed by atoms with van der Waals surface area (Å²) in [5.41, 5.74) is 7.82. The van der Waals surface area contributed by atoms with Crippen molar-refractivity contribution in [3.8, 4) is 17.2 Å². The first-order chi connectivity index (χ1) is 9.62. The van der Waals surface area contributed by atoms with Crippen LogP contribution in [0.4, 0.5) is 0 Å². The first-order valence-corrected chi connectivity index (χ1v) is 6.69. The first kappa shape index (κ1) is 14.7. The summed E-state index contributed by atoms with van der Waals surface area (Å²) >= 11 is 6.12. The van der Waals surface area contributed by atoms with Crippen LogP contribution in [0, 0.1) is 0 Å². The molecule has 0 saturated heterocycles. The van der Waals surface area contributed by atoms with Crippen LogP contribution in [0.1, 0.15) is 25.1 Å². The molecule has 1 aromatic carbocycles. The number of halogens is 1. The number of hydrogen-bond acceptors (Lipinski definition) is 4. The van der Waals surface area contributed by atoms with Crippen LogP contribution < -0.4 is 15.2 Å². The quantitative estimate of drug-likeness (QED) is 0.921. The highest BCUT2D eigenvalue weighted by molar-refractivity contribution is 6.32. The summed E-state index contributed by atoms with van der Waals surface area (Å²) in [6.07, 6.45) is 4.28. The van der Waals surface area contributed by atoms with Crippen LogP contribution >= 0.6 is 11.6 Å². The molecule has 1 atom stereocenters. The highest BCUT2D eigenvalue weighted by atomic mass is 35.5. The zero-order chi connectivity index (χ0) is 14.7. The van der Waals surface area contributed by atoms with Gasteiger partial charge in [-0.3, -0.25) is 4.57 Å². The molecule has 2 N–H and O–H groups in total. The van der Waals surface area contributed by atoms with Crippen molar-refractivity contribution in [3.05, 3.63) is 35.4 Å². The number of ether oxygens (including phenoxy) is 2. The maximum absolute atomic E-state index is 6.12. The predicted octanol–water partition coefficient (Wildman–Crippen LogP) is 2.95. The molecule has 0 aliphatic heterocycles. The lowest BCUT2D eigenvalue weighted by Gasteiger charge is -2.17. The van der Waals surface area contributed by atoms with Crippen molar-refractivity contribution in [1.82, 2.24) is 9.55 Å². The summed E-state index contributed by atoms with van der Waals surface area (Å²) in [6.45, 7) is 2.03. The third kappa shape index (κ3) is 2.59. The van der Waals surface area contributed by atoms with Gasteiger partial charge in [0.1, 0.15) is 11.5 Å². The molecule has 0 spiro atoms. The topological polar surface area (TPSA) is 62.3 Å². The van der Waals surface area contributed by atoms with E-state index >= 15 is 0 Å². The van der Waals surface area contributed by atoms with E-state index in [1.54, 1.807) is 32.8 Å². The second-order valence-corrected chi connectivity index (χ2v) is 4.77. The normalized spacial score (nSPS) is 12.2. The highest BCUT2D eigenvalue weighted by Gasteiger charge is 2.16. The summed E-state index contributed by atoms with van der Waals surface area (Å²) < 4.78 is 12.5. The van der Waals surface area contributed by atoms with Gasteiger partial charge in [0.05, 0.1) is 43.1 Å². The number of hydrogen-bond donors (Lipinski definition) is 1. The molecular weight excluding hydrogens is 278 g/mol. The lowest BCUT2D eigenvalue weighted by atomic mass is 10.1. The SMILES string of the molecule is CC[C@@H](N)c1cncn1-c1cc(OC)c(Cl)cc1OC. The number of benzene rings is 1. The average Bonchev–Trinajstić information content (AvgIpc) is 2.95. The highest BCUT2D eigenvalue weighted by Crippen LogP contribution is 2.35. The largest absolute Gasteiger partial charge is 0.495 e. The third-order valence-corrected chi connectivity index (χ3v) is 3.50. The second kappa shape index (κ2) is 6.15. The minimum Gasteiger partial charge on any atom is -0.495 e. The predicted molar refractivity (Wildman–Crippen MR) is 78.9 cm³/mol. The molecule has 0 amide bonds. The lowest BCUT2D eigenvalue weighted by molar-refractivity contribution is 0.401. The van der Waals surface area contributed by atoms with Crippen molar-refractivity contribution in [2.24, 2.45) is 5.73 Å². The average molecular weight is 296 g/mol. The summed E-state index contributed by atoms with van der Waals surface area (Å²) in [5.74, 6) is 1.21. The molecule has 20 heavy (non-hydrogen) atoms. The Morgan fingerprint density at radius 3 is 2.60 bits per heavy atom. The third-order valence-electron chi connectivity index (χ3n) is 3.20.